The lowest BCUT2D eigenvalue weighted by molar-refractivity contribution is -0.138. The molecule has 2 heterocycles. The summed E-state index contributed by atoms with van der Waals surface area (Å²) in [6, 6.07) is 14.7. The van der Waals surface area contributed by atoms with Crippen LogP contribution < -0.4 is 15.5 Å². The maximum absolute atomic E-state index is 13.1. The lowest BCUT2D eigenvalue weighted by Crippen LogP contribution is -2.51. The van der Waals surface area contributed by atoms with E-state index >= 15 is 0 Å². The van der Waals surface area contributed by atoms with Gasteiger partial charge in [-0.05, 0) is 43.2 Å². The van der Waals surface area contributed by atoms with E-state index < -0.39 is 0 Å². The average Bonchev–Trinajstić information content (AvgIpc) is 2.88. The third-order valence-corrected chi connectivity index (χ3v) is 7.32. The van der Waals surface area contributed by atoms with Crippen molar-refractivity contribution in [1.29, 1.82) is 0 Å². The van der Waals surface area contributed by atoms with Gasteiger partial charge in [0.25, 0.3) is 11.8 Å². The first-order valence-electron chi connectivity index (χ1n) is 12.6. The Morgan fingerprint density at radius 3 is 2.17 bits per heavy atom. The first-order valence-corrected chi connectivity index (χ1v) is 12.6. The molecule has 3 amide bonds. The van der Waals surface area contributed by atoms with Gasteiger partial charge in [0.05, 0.1) is 11.4 Å². The van der Waals surface area contributed by atoms with Crippen LogP contribution in [0.4, 0.5) is 11.4 Å². The molecule has 184 valence electrons. The molecule has 3 aliphatic rings. The fourth-order valence-corrected chi connectivity index (χ4v) is 4.96. The Morgan fingerprint density at radius 2 is 1.51 bits per heavy atom. The molecule has 0 aromatic heterocycles. The van der Waals surface area contributed by atoms with E-state index in [1.165, 1.54) is 0 Å². The van der Waals surface area contributed by atoms with Crippen molar-refractivity contribution in [2.75, 3.05) is 62.6 Å². The molecule has 0 bridgehead atoms. The van der Waals surface area contributed by atoms with E-state index in [4.69, 9.17) is 0 Å². The zero-order chi connectivity index (χ0) is 24.2. The Hall–Kier alpha value is -3.39. The average molecular weight is 476 g/mol. The van der Waals surface area contributed by atoms with Crippen LogP contribution in [0.25, 0.3) is 0 Å². The predicted octanol–water partition coefficient (Wildman–Crippen LogP) is 2.43. The van der Waals surface area contributed by atoms with Crippen molar-refractivity contribution in [3.63, 3.8) is 0 Å². The van der Waals surface area contributed by atoms with Crippen LogP contribution in [0.2, 0.25) is 0 Å². The Bertz CT molecular complexity index is 1070. The minimum Gasteiger partial charge on any atom is -0.366 e. The van der Waals surface area contributed by atoms with Gasteiger partial charge in [-0.2, -0.15) is 0 Å². The van der Waals surface area contributed by atoms with Crippen LogP contribution in [-0.4, -0.2) is 79.9 Å². The van der Waals surface area contributed by atoms with Gasteiger partial charge in [-0.25, -0.2) is 0 Å². The van der Waals surface area contributed by atoms with Crippen LogP contribution in [0.15, 0.2) is 48.5 Å². The van der Waals surface area contributed by atoms with Crippen LogP contribution in [0.1, 0.15) is 40.0 Å². The van der Waals surface area contributed by atoms with Gasteiger partial charge in [0.2, 0.25) is 5.91 Å². The third-order valence-electron chi connectivity index (χ3n) is 7.32. The number of hydrogen-bond acceptors (Lipinski definition) is 5. The van der Waals surface area contributed by atoms with Gasteiger partial charge in [0.1, 0.15) is 0 Å². The minimum atomic E-state index is -0.211. The predicted molar refractivity (Wildman–Crippen MR) is 136 cm³/mol. The van der Waals surface area contributed by atoms with E-state index in [1.54, 1.807) is 18.2 Å². The van der Waals surface area contributed by atoms with Crippen molar-refractivity contribution >= 4 is 29.1 Å². The molecule has 0 unspecified atom stereocenters. The summed E-state index contributed by atoms with van der Waals surface area (Å²) >= 11 is 0. The number of carbonyl (C=O) groups is 3. The molecule has 0 atom stereocenters. The SMILES string of the molecule is O=C(Nc1cc(C(=O)N2CCNCC2)ccc1N1CCN(C(=O)C2CCC2)CC1)c1ccccc1. The Morgan fingerprint density at radius 1 is 0.800 bits per heavy atom. The molecule has 2 aromatic carbocycles. The first kappa shape index (κ1) is 23.4. The summed E-state index contributed by atoms with van der Waals surface area (Å²) in [5.74, 6) is 0.254. The lowest BCUT2D eigenvalue weighted by atomic mass is 9.84. The number of piperazine rings is 2. The second-order valence-electron chi connectivity index (χ2n) is 9.53. The van der Waals surface area contributed by atoms with Gasteiger partial charge in [0, 0.05) is 69.4 Å². The summed E-state index contributed by atoms with van der Waals surface area (Å²) in [5.41, 5.74) is 2.63. The van der Waals surface area contributed by atoms with E-state index in [0.717, 1.165) is 38.0 Å². The number of nitrogens with one attached hydrogen (secondary N) is 2. The Labute approximate surface area is 206 Å². The molecule has 1 saturated carbocycles. The fourth-order valence-electron chi connectivity index (χ4n) is 4.96. The summed E-state index contributed by atoms with van der Waals surface area (Å²) < 4.78 is 0. The van der Waals surface area contributed by atoms with Gasteiger partial charge in [0.15, 0.2) is 0 Å². The third kappa shape index (κ3) is 5.17. The molecule has 3 fully saturated rings. The van der Waals surface area contributed by atoms with Crippen molar-refractivity contribution < 1.29 is 14.4 Å². The number of hydrogen-bond donors (Lipinski definition) is 2. The number of nitrogens with zero attached hydrogens (tertiary/aromatic N) is 3. The van der Waals surface area contributed by atoms with E-state index in [0.29, 0.717) is 56.1 Å². The second-order valence-corrected chi connectivity index (χ2v) is 9.53. The summed E-state index contributed by atoms with van der Waals surface area (Å²) in [4.78, 5) is 44.8. The molecule has 1 aliphatic carbocycles. The maximum Gasteiger partial charge on any atom is 0.255 e. The van der Waals surface area contributed by atoms with E-state index in [9.17, 15) is 14.4 Å². The van der Waals surface area contributed by atoms with E-state index in [-0.39, 0.29) is 23.6 Å². The van der Waals surface area contributed by atoms with E-state index in [1.807, 2.05) is 40.1 Å². The van der Waals surface area contributed by atoms with Crippen molar-refractivity contribution in [3.8, 4) is 0 Å². The zero-order valence-corrected chi connectivity index (χ0v) is 20.0. The summed E-state index contributed by atoms with van der Waals surface area (Å²) in [6.07, 6.45) is 3.18. The van der Waals surface area contributed by atoms with Gasteiger partial charge in [-0.3, -0.25) is 14.4 Å². The van der Waals surface area contributed by atoms with Crippen molar-refractivity contribution in [3.05, 3.63) is 59.7 Å². The first-order chi connectivity index (χ1) is 17.1. The van der Waals surface area contributed by atoms with Gasteiger partial charge in [-0.1, -0.05) is 24.6 Å². The molecular formula is C27H33N5O3. The summed E-state index contributed by atoms with van der Waals surface area (Å²) in [5, 5.41) is 6.32. The lowest BCUT2D eigenvalue weighted by Gasteiger charge is -2.39. The number of amides is 3. The molecule has 8 nitrogen and oxygen atoms in total. The summed E-state index contributed by atoms with van der Waals surface area (Å²) in [6.45, 7) is 5.63. The Balaban J connectivity index is 1.36. The topological polar surface area (TPSA) is 85.0 Å². The van der Waals surface area contributed by atoms with Crippen LogP contribution >= 0.6 is 0 Å². The molecule has 8 heteroatoms. The highest BCUT2D eigenvalue weighted by Gasteiger charge is 2.32. The van der Waals surface area contributed by atoms with Gasteiger partial charge in [-0.15, -0.1) is 0 Å². The van der Waals surface area contributed by atoms with Crippen molar-refractivity contribution in [2.24, 2.45) is 5.92 Å². The monoisotopic (exact) mass is 475 g/mol. The normalized spacial score (nSPS) is 18.7. The number of anilines is 2. The quantitative estimate of drug-likeness (QED) is 0.694. The van der Waals surface area contributed by atoms with Crippen LogP contribution in [-0.2, 0) is 4.79 Å². The molecule has 2 aliphatic heterocycles. The molecule has 2 N–H and O–H groups in total. The summed E-state index contributed by atoms with van der Waals surface area (Å²) in [7, 11) is 0. The van der Waals surface area contributed by atoms with Gasteiger partial charge < -0.3 is 25.3 Å². The van der Waals surface area contributed by atoms with Crippen LogP contribution in [0.3, 0.4) is 0 Å². The van der Waals surface area contributed by atoms with Crippen LogP contribution in [0.5, 0.6) is 0 Å². The molecular weight excluding hydrogens is 442 g/mol. The molecule has 5 rings (SSSR count). The minimum absolute atomic E-state index is 0.0239. The Kier molecular flexibility index (Phi) is 6.99. The smallest absolute Gasteiger partial charge is 0.255 e. The number of carbonyl (C=O) groups excluding carboxylic acids is 3. The molecule has 0 spiro atoms. The highest BCUT2D eigenvalue weighted by molar-refractivity contribution is 6.07. The standard InChI is InChI=1S/C27H33N5O3/c33-25(20-5-2-1-3-6-20)29-23-19-22(27(35)31-13-11-28-12-14-31)9-10-24(23)30-15-17-32(18-16-30)26(34)21-7-4-8-21/h1-3,5-6,9-10,19,21,28H,4,7-8,11-18H2,(H,29,33). The van der Waals surface area contributed by atoms with Crippen LogP contribution in [0, 0.1) is 5.92 Å². The van der Waals surface area contributed by atoms with Crippen molar-refractivity contribution in [2.45, 2.75) is 19.3 Å². The molecule has 0 radical (unpaired) electrons. The van der Waals surface area contributed by atoms with Crippen molar-refractivity contribution in [1.82, 2.24) is 15.1 Å². The van der Waals surface area contributed by atoms with Gasteiger partial charge >= 0.3 is 0 Å². The number of rotatable bonds is 5. The fraction of sp³-hybridized carbons (Fsp3) is 0.444. The maximum atomic E-state index is 13.1. The highest BCUT2D eigenvalue weighted by Crippen LogP contribution is 2.31. The molecule has 35 heavy (non-hydrogen) atoms. The molecule has 2 saturated heterocycles. The largest absolute Gasteiger partial charge is 0.366 e. The molecule has 2 aromatic rings. The highest BCUT2D eigenvalue weighted by atomic mass is 16.2. The van der Waals surface area contributed by atoms with E-state index in [2.05, 4.69) is 15.5 Å². The zero-order valence-electron chi connectivity index (χ0n) is 20.0. The second kappa shape index (κ2) is 10.5. The number of benzene rings is 2.